The third kappa shape index (κ3) is 4.87. The zero-order valence-electron chi connectivity index (χ0n) is 17.4. The Morgan fingerprint density at radius 3 is 2.76 bits per heavy atom. The fourth-order valence-corrected chi connectivity index (χ4v) is 6.07. The van der Waals surface area contributed by atoms with Crippen molar-refractivity contribution in [1.82, 2.24) is 14.6 Å². The Hall–Kier alpha value is -1.77. The van der Waals surface area contributed by atoms with Gasteiger partial charge >= 0.3 is 0 Å². The fraction of sp³-hybridized carbons (Fsp3) is 0.524. The number of carbonyl (C=O) groups excluding carboxylic acids is 1. The van der Waals surface area contributed by atoms with E-state index in [0.717, 1.165) is 35.5 Å². The van der Waals surface area contributed by atoms with Crippen molar-refractivity contribution in [2.45, 2.75) is 70.4 Å². The molecule has 1 aromatic carbocycles. The maximum Gasteiger partial charge on any atom is 0.251 e. The summed E-state index contributed by atoms with van der Waals surface area (Å²) in [6.07, 6.45) is 2.78. The molecule has 1 aliphatic heterocycles. The molecule has 1 amide bonds. The summed E-state index contributed by atoms with van der Waals surface area (Å²) in [4.78, 5) is 17.5. The number of nitrogens with one attached hydrogen (secondary N) is 1. The molecule has 1 fully saturated rings. The average molecular weight is 436 g/mol. The van der Waals surface area contributed by atoms with Crippen LogP contribution in [0.25, 0.3) is 0 Å². The Bertz CT molecular complexity index is 983. The van der Waals surface area contributed by atoms with Gasteiger partial charge in [-0.2, -0.15) is 4.31 Å². The van der Waals surface area contributed by atoms with E-state index < -0.39 is 10.0 Å². The number of rotatable bonds is 6. The topological polar surface area (TPSA) is 79.4 Å². The summed E-state index contributed by atoms with van der Waals surface area (Å²) in [6.45, 7) is 8.77. The number of aromatic nitrogens is 1. The number of piperidine rings is 1. The summed E-state index contributed by atoms with van der Waals surface area (Å²) in [5, 5.41) is 5.85. The molecular weight excluding hydrogens is 406 g/mol. The van der Waals surface area contributed by atoms with Crippen LogP contribution in [0.15, 0.2) is 28.5 Å². The van der Waals surface area contributed by atoms with E-state index in [-0.39, 0.29) is 16.8 Å². The van der Waals surface area contributed by atoms with Crippen LogP contribution in [0, 0.1) is 6.92 Å². The minimum Gasteiger partial charge on any atom is -0.346 e. The number of amides is 1. The number of carbonyl (C=O) groups is 1. The molecule has 1 N–H and O–H groups in total. The first-order valence-corrected chi connectivity index (χ1v) is 12.4. The van der Waals surface area contributed by atoms with Crippen molar-refractivity contribution in [3.05, 3.63) is 45.4 Å². The molecule has 8 heteroatoms. The van der Waals surface area contributed by atoms with E-state index in [1.165, 1.54) is 6.07 Å². The lowest BCUT2D eigenvalue weighted by Gasteiger charge is -2.32. The van der Waals surface area contributed by atoms with E-state index in [0.29, 0.717) is 24.6 Å². The first-order chi connectivity index (χ1) is 13.7. The minimum atomic E-state index is -3.61. The third-order valence-corrected chi connectivity index (χ3v) is 8.50. The van der Waals surface area contributed by atoms with Crippen molar-refractivity contribution >= 4 is 27.3 Å². The lowest BCUT2D eigenvalue weighted by molar-refractivity contribution is 0.0949. The molecule has 29 heavy (non-hydrogen) atoms. The summed E-state index contributed by atoms with van der Waals surface area (Å²) in [7, 11) is -3.61. The van der Waals surface area contributed by atoms with Crippen LogP contribution in [0.5, 0.6) is 0 Å². The molecule has 6 nitrogen and oxygen atoms in total. The highest BCUT2D eigenvalue weighted by molar-refractivity contribution is 7.89. The highest BCUT2D eigenvalue weighted by Gasteiger charge is 2.31. The molecule has 0 spiro atoms. The number of nitrogens with zero attached hydrogens (tertiary/aromatic N) is 2. The zero-order valence-corrected chi connectivity index (χ0v) is 19.1. The summed E-state index contributed by atoms with van der Waals surface area (Å²) >= 11 is 1.58. The van der Waals surface area contributed by atoms with Crippen molar-refractivity contribution in [2.24, 2.45) is 0 Å². The van der Waals surface area contributed by atoms with Crippen LogP contribution in [-0.2, 0) is 16.6 Å². The summed E-state index contributed by atoms with van der Waals surface area (Å²) < 4.78 is 27.8. The first-order valence-electron chi connectivity index (χ1n) is 10.0. The highest BCUT2D eigenvalue weighted by atomic mass is 32.2. The van der Waals surface area contributed by atoms with Crippen LogP contribution in [-0.4, -0.2) is 36.2 Å². The molecule has 0 bridgehead atoms. The second-order valence-corrected chi connectivity index (χ2v) is 10.7. The van der Waals surface area contributed by atoms with Crippen LogP contribution in [0.1, 0.15) is 72.6 Å². The Kier molecular flexibility index (Phi) is 6.76. The number of hydrogen-bond donors (Lipinski definition) is 1. The molecule has 1 unspecified atom stereocenters. The van der Waals surface area contributed by atoms with Crippen LogP contribution in [0.2, 0.25) is 0 Å². The van der Waals surface area contributed by atoms with E-state index in [9.17, 15) is 13.2 Å². The first kappa shape index (κ1) is 21.9. The van der Waals surface area contributed by atoms with Gasteiger partial charge in [0.05, 0.1) is 22.1 Å². The number of aryl methyl sites for hydroxylation is 1. The van der Waals surface area contributed by atoms with Gasteiger partial charge in [0.25, 0.3) is 5.91 Å². The molecule has 1 atom stereocenters. The zero-order chi connectivity index (χ0) is 21.2. The third-order valence-electron chi connectivity index (χ3n) is 5.30. The standard InChI is InChI=1S/C21H29N3O3S2/c1-14(2)21-23-17(13-28-21)12-22-20(25)19-11-18(9-8-15(19)3)29(26,27)24-10-6-5-7-16(24)4/h8-9,11,13-14,16H,5-7,10,12H2,1-4H3,(H,22,25). The second-order valence-electron chi connectivity index (χ2n) is 7.95. The SMILES string of the molecule is Cc1ccc(S(=O)(=O)N2CCCCC2C)cc1C(=O)NCc1csc(C(C)C)n1. The van der Waals surface area contributed by atoms with Crippen molar-refractivity contribution in [3.63, 3.8) is 0 Å². The molecule has 2 heterocycles. The van der Waals surface area contributed by atoms with Crippen LogP contribution >= 0.6 is 11.3 Å². The van der Waals surface area contributed by atoms with Gasteiger partial charge in [-0.05, 0) is 44.4 Å². The molecule has 0 saturated carbocycles. The maximum atomic E-state index is 13.1. The molecule has 1 aliphatic rings. The molecule has 1 saturated heterocycles. The number of thiazole rings is 1. The van der Waals surface area contributed by atoms with Gasteiger partial charge in [0.2, 0.25) is 10.0 Å². The summed E-state index contributed by atoms with van der Waals surface area (Å²) in [6, 6.07) is 4.78. The molecule has 158 valence electrons. The Balaban J connectivity index is 1.78. The van der Waals surface area contributed by atoms with Crippen LogP contribution in [0.4, 0.5) is 0 Å². The van der Waals surface area contributed by atoms with Gasteiger partial charge in [0, 0.05) is 29.4 Å². The summed E-state index contributed by atoms with van der Waals surface area (Å²) in [5.74, 6) is 0.0658. The van der Waals surface area contributed by atoms with Crippen molar-refractivity contribution < 1.29 is 13.2 Å². The number of benzene rings is 1. The van der Waals surface area contributed by atoms with Crippen molar-refractivity contribution in [2.75, 3.05) is 6.54 Å². The van der Waals surface area contributed by atoms with Gasteiger partial charge in [-0.15, -0.1) is 11.3 Å². The van der Waals surface area contributed by atoms with E-state index in [2.05, 4.69) is 24.1 Å². The minimum absolute atomic E-state index is 0.0212. The van der Waals surface area contributed by atoms with Crippen LogP contribution < -0.4 is 5.32 Å². The molecule has 2 aromatic rings. The van der Waals surface area contributed by atoms with E-state index >= 15 is 0 Å². The molecule has 0 aliphatic carbocycles. The van der Waals surface area contributed by atoms with Crippen molar-refractivity contribution in [1.29, 1.82) is 0 Å². The predicted molar refractivity (Wildman–Crippen MR) is 116 cm³/mol. The lowest BCUT2D eigenvalue weighted by atomic mass is 10.1. The second kappa shape index (κ2) is 8.93. The smallest absolute Gasteiger partial charge is 0.251 e. The highest BCUT2D eigenvalue weighted by Crippen LogP contribution is 2.26. The molecule has 0 radical (unpaired) electrons. The Morgan fingerprint density at radius 1 is 1.34 bits per heavy atom. The van der Waals surface area contributed by atoms with Gasteiger partial charge in [-0.25, -0.2) is 13.4 Å². The molecule has 3 rings (SSSR count). The largest absolute Gasteiger partial charge is 0.346 e. The summed E-state index contributed by atoms with van der Waals surface area (Å²) in [5.41, 5.74) is 1.94. The van der Waals surface area contributed by atoms with Gasteiger partial charge in [-0.1, -0.05) is 26.3 Å². The Morgan fingerprint density at radius 2 is 2.10 bits per heavy atom. The quantitative estimate of drug-likeness (QED) is 0.742. The normalized spacial score (nSPS) is 18.2. The average Bonchev–Trinajstić information content (AvgIpc) is 3.16. The van der Waals surface area contributed by atoms with Crippen molar-refractivity contribution in [3.8, 4) is 0 Å². The van der Waals surface area contributed by atoms with Gasteiger partial charge in [0.1, 0.15) is 0 Å². The molecule has 1 aromatic heterocycles. The predicted octanol–water partition coefficient (Wildman–Crippen LogP) is 4.07. The maximum absolute atomic E-state index is 13.1. The van der Waals surface area contributed by atoms with Gasteiger partial charge < -0.3 is 5.32 Å². The van der Waals surface area contributed by atoms with E-state index in [1.54, 1.807) is 27.8 Å². The van der Waals surface area contributed by atoms with E-state index in [4.69, 9.17) is 0 Å². The lowest BCUT2D eigenvalue weighted by Crippen LogP contribution is -2.42. The number of sulfonamides is 1. The number of hydrogen-bond acceptors (Lipinski definition) is 5. The Labute approximate surface area is 177 Å². The monoisotopic (exact) mass is 435 g/mol. The van der Waals surface area contributed by atoms with Crippen LogP contribution in [0.3, 0.4) is 0 Å². The molecular formula is C21H29N3O3S2. The van der Waals surface area contributed by atoms with Gasteiger partial charge in [-0.3, -0.25) is 4.79 Å². The fourth-order valence-electron chi connectivity index (χ4n) is 3.51. The van der Waals surface area contributed by atoms with Gasteiger partial charge in [0.15, 0.2) is 0 Å². The van der Waals surface area contributed by atoms with E-state index in [1.807, 2.05) is 19.2 Å².